The zero-order valence-corrected chi connectivity index (χ0v) is 48.3. The van der Waals surface area contributed by atoms with E-state index in [2.05, 4.69) is 154 Å². The molecule has 422 valence electrons. The molecule has 0 saturated heterocycles. The molecule has 0 fully saturated rings. The quantitative estimate of drug-likeness (QED) is 0.0261. The summed E-state index contributed by atoms with van der Waals surface area (Å²) in [5, 5.41) is 0. The number of carbonyl (C=O) groups excluding carboxylic acids is 3. The van der Waals surface area contributed by atoms with Crippen molar-refractivity contribution in [2.45, 2.75) is 258 Å². The van der Waals surface area contributed by atoms with E-state index in [4.69, 9.17) is 14.2 Å². The Morgan fingerprint density at radius 3 is 0.853 bits per heavy atom. The Hall–Kier alpha value is -4.71. The van der Waals surface area contributed by atoms with Crippen LogP contribution in [0.4, 0.5) is 0 Å². The van der Waals surface area contributed by atoms with Crippen LogP contribution in [0.2, 0.25) is 0 Å². The molecule has 0 radical (unpaired) electrons. The van der Waals surface area contributed by atoms with Gasteiger partial charge in [0.1, 0.15) is 13.2 Å². The summed E-state index contributed by atoms with van der Waals surface area (Å²) < 4.78 is 16.8. The van der Waals surface area contributed by atoms with Gasteiger partial charge in [0.15, 0.2) is 6.10 Å². The van der Waals surface area contributed by atoms with Gasteiger partial charge in [-0.2, -0.15) is 0 Å². The Balaban J connectivity index is 4.31. The monoisotopic (exact) mass is 1030 g/mol. The largest absolute Gasteiger partial charge is 0.462 e. The minimum Gasteiger partial charge on any atom is -0.462 e. The highest BCUT2D eigenvalue weighted by atomic mass is 16.6. The summed E-state index contributed by atoms with van der Waals surface area (Å²) in [7, 11) is 0. The number of allylic oxidation sites excluding steroid dienone is 24. The van der Waals surface area contributed by atoms with Gasteiger partial charge in [-0.1, -0.05) is 256 Å². The van der Waals surface area contributed by atoms with E-state index in [1.165, 1.54) is 89.9 Å². The van der Waals surface area contributed by atoms with E-state index < -0.39 is 6.10 Å². The average Bonchev–Trinajstić information content (AvgIpc) is 3.41. The molecule has 0 spiro atoms. The summed E-state index contributed by atoms with van der Waals surface area (Å²) in [6.07, 6.45) is 88.8. The van der Waals surface area contributed by atoms with E-state index in [1.807, 2.05) is 12.2 Å². The number of unbranched alkanes of at least 4 members (excludes halogenated alkanes) is 18. The predicted octanol–water partition coefficient (Wildman–Crippen LogP) is 20.8. The first-order valence-corrected chi connectivity index (χ1v) is 30.3. The molecule has 0 aromatic heterocycles. The minimum absolute atomic E-state index is 0.121. The van der Waals surface area contributed by atoms with E-state index in [0.29, 0.717) is 19.3 Å². The Morgan fingerprint density at radius 1 is 0.267 bits per heavy atom. The van der Waals surface area contributed by atoms with Crippen LogP contribution in [-0.4, -0.2) is 37.2 Å². The van der Waals surface area contributed by atoms with Crippen LogP contribution in [0.15, 0.2) is 146 Å². The van der Waals surface area contributed by atoms with Crippen LogP contribution in [0.25, 0.3) is 0 Å². The molecule has 0 bridgehead atoms. The standard InChI is InChI=1S/C69H110O6/c1-4-7-10-13-16-19-22-25-27-28-29-30-31-32-33-34-35-36-37-38-39-40-42-44-47-50-53-56-59-62-68(71)74-65-66(64-73-67(70)61-58-55-52-49-46-43-24-21-18-15-12-9-6-3)75-69(72)63-60-57-54-51-48-45-41-26-23-20-17-14-11-8-5-2/h7-12,16-21,25-27,29-30,41,43,46,48,51-52,55,66H,4-6,13-15,22-24,28,31-40,42,44-45,47,49-50,53-54,56-65H2,1-3H3/b10-7-,11-8-,12-9-,19-16-,20-17-,21-18-,27-25-,30-29-,41-26-,46-43-,51-48-,55-52-. The lowest BCUT2D eigenvalue weighted by atomic mass is 10.0. The number of rotatable bonds is 53. The second-order valence-electron chi connectivity index (χ2n) is 19.5. The van der Waals surface area contributed by atoms with Crippen molar-refractivity contribution in [3.63, 3.8) is 0 Å². The minimum atomic E-state index is -0.833. The van der Waals surface area contributed by atoms with Crippen molar-refractivity contribution >= 4 is 17.9 Å². The summed E-state index contributed by atoms with van der Waals surface area (Å²) >= 11 is 0. The number of carbonyl (C=O) groups is 3. The zero-order chi connectivity index (χ0) is 54.3. The third kappa shape index (κ3) is 60.0. The van der Waals surface area contributed by atoms with Gasteiger partial charge in [0.05, 0.1) is 0 Å². The maximum absolute atomic E-state index is 12.8. The van der Waals surface area contributed by atoms with Gasteiger partial charge in [-0.3, -0.25) is 14.4 Å². The lowest BCUT2D eigenvalue weighted by Crippen LogP contribution is -2.30. The van der Waals surface area contributed by atoms with Gasteiger partial charge in [0.25, 0.3) is 0 Å². The second kappa shape index (κ2) is 61.8. The highest BCUT2D eigenvalue weighted by molar-refractivity contribution is 5.71. The molecule has 0 rings (SSSR count). The lowest BCUT2D eigenvalue weighted by molar-refractivity contribution is -0.166. The molecule has 0 heterocycles. The van der Waals surface area contributed by atoms with Crippen molar-refractivity contribution in [2.75, 3.05) is 13.2 Å². The van der Waals surface area contributed by atoms with Crippen LogP contribution in [0.5, 0.6) is 0 Å². The van der Waals surface area contributed by atoms with Gasteiger partial charge in [0, 0.05) is 19.3 Å². The van der Waals surface area contributed by atoms with Crippen LogP contribution in [0.3, 0.4) is 0 Å². The first-order valence-electron chi connectivity index (χ1n) is 30.3. The highest BCUT2D eigenvalue weighted by Crippen LogP contribution is 2.15. The second-order valence-corrected chi connectivity index (χ2v) is 19.5. The van der Waals surface area contributed by atoms with Crippen molar-refractivity contribution in [3.05, 3.63) is 146 Å². The van der Waals surface area contributed by atoms with Crippen LogP contribution in [-0.2, 0) is 28.6 Å². The third-order valence-corrected chi connectivity index (χ3v) is 12.3. The summed E-state index contributed by atoms with van der Waals surface area (Å²) in [6.45, 7) is 6.19. The van der Waals surface area contributed by atoms with Gasteiger partial charge in [-0.25, -0.2) is 0 Å². The van der Waals surface area contributed by atoms with Crippen molar-refractivity contribution < 1.29 is 28.6 Å². The molecular formula is C69H110O6. The van der Waals surface area contributed by atoms with Crippen LogP contribution < -0.4 is 0 Å². The molecule has 0 aliphatic heterocycles. The number of hydrogen-bond donors (Lipinski definition) is 0. The van der Waals surface area contributed by atoms with Gasteiger partial charge in [-0.15, -0.1) is 0 Å². The fraction of sp³-hybridized carbons (Fsp3) is 0.609. The molecule has 0 aliphatic carbocycles. The fourth-order valence-corrected chi connectivity index (χ4v) is 7.91. The summed E-state index contributed by atoms with van der Waals surface area (Å²) in [6, 6.07) is 0. The Labute approximate surface area is 461 Å². The molecule has 0 saturated carbocycles. The molecule has 0 aliphatic rings. The van der Waals surface area contributed by atoms with Crippen molar-refractivity contribution in [2.24, 2.45) is 0 Å². The Morgan fingerprint density at radius 2 is 0.507 bits per heavy atom. The van der Waals surface area contributed by atoms with E-state index in [0.717, 1.165) is 109 Å². The molecular weight excluding hydrogens is 925 g/mol. The predicted molar refractivity (Wildman–Crippen MR) is 325 cm³/mol. The molecule has 6 nitrogen and oxygen atoms in total. The van der Waals surface area contributed by atoms with Crippen LogP contribution in [0, 0.1) is 0 Å². The SMILES string of the molecule is CC/C=C\C/C=C\C/C=C\C/C=C\CCCCCCCCCCCCCCCCCCC(=O)OCC(COC(=O)CC/C=C\C/C=C\C/C=C\C/C=C\CC)OC(=O)CCCC/C=C\C/C=C\C/C=C\C/C=C\CC. The van der Waals surface area contributed by atoms with Gasteiger partial charge < -0.3 is 14.2 Å². The van der Waals surface area contributed by atoms with Gasteiger partial charge in [0.2, 0.25) is 0 Å². The number of esters is 3. The van der Waals surface area contributed by atoms with Gasteiger partial charge >= 0.3 is 17.9 Å². The fourth-order valence-electron chi connectivity index (χ4n) is 7.91. The number of ether oxygens (including phenoxy) is 3. The first-order chi connectivity index (χ1) is 37.0. The normalized spacial score (nSPS) is 13.2. The third-order valence-electron chi connectivity index (χ3n) is 12.3. The summed E-state index contributed by atoms with van der Waals surface area (Å²) in [5.74, 6) is -1.05. The van der Waals surface area contributed by atoms with E-state index >= 15 is 0 Å². The molecule has 1 unspecified atom stereocenters. The zero-order valence-electron chi connectivity index (χ0n) is 48.3. The maximum atomic E-state index is 12.8. The molecule has 0 aromatic rings. The van der Waals surface area contributed by atoms with Gasteiger partial charge in [-0.05, 0) is 122 Å². The maximum Gasteiger partial charge on any atom is 0.306 e. The van der Waals surface area contributed by atoms with E-state index in [1.54, 1.807) is 0 Å². The molecule has 6 heteroatoms. The number of hydrogen-bond acceptors (Lipinski definition) is 6. The average molecular weight is 1040 g/mol. The smallest absolute Gasteiger partial charge is 0.306 e. The van der Waals surface area contributed by atoms with Crippen LogP contribution in [0.1, 0.15) is 252 Å². The lowest BCUT2D eigenvalue weighted by Gasteiger charge is -2.18. The van der Waals surface area contributed by atoms with Crippen molar-refractivity contribution in [3.8, 4) is 0 Å². The van der Waals surface area contributed by atoms with E-state index in [-0.39, 0.29) is 44.0 Å². The van der Waals surface area contributed by atoms with E-state index in [9.17, 15) is 14.4 Å². The Bertz CT molecular complexity index is 1660. The molecule has 0 amide bonds. The summed E-state index contributed by atoms with van der Waals surface area (Å²) in [5.41, 5.74) is 0. The molecule has 75 heavy (non-hydrogen) atoms. The molecule has 0 N–H and O–H groups in total. The molecule has 1 atom stereocenters. The molecule has 0 aromatic carbocycles. The highest BCUT2D eigenvalue weighted by Gasteiger charge is 2.19. The van der Waals surface area contributed by atoms with Crippen molar-refractivity contribution in [1.29, 1.82) is 0 Å². The van der Waals surface area contributed by atoms with Crippen molar-refractivity contribution in [1.82, 2.24) is 0 Å². The topological polar surface area (TPSA) is 78.9 Å². The first kappa shape index (κ1) is 70.3. The van der Waals surface area contributed by atoms with Crippen LogP contribution >= 0.6 is 0 Å². The summed E-state index contributed by atoms with van der Waals surface area (Å²) in [4.78, 5) is 38.1. The Kier molecular flexibility index (Phi) is 58.0.